The summed E-state index contributed by atoms with van der Waals surface area (Å²) < 4.78 is 2.00. The van der Waals surface area contributed by atoms with E-state index < -0.39 is 0 Å². The first-order chi connectivity index (χ1) is 14.7. The fraction of sp³-hybridized carbons (Fsp3) is 0.391. The van der Waals surface area contributed by atoms with Crippen molar-refractivity contribution in [3.05, 3.63) is 54.9 Å². The second-order valence-electron chi connectivity index (χ2n) is 7.72. The van der Waals surface area contributed by atoms with Crippen molar-refractivity contribution in [3.63, 3.8) is 0 Å². The lowest BCUT2D eigenvalue weighted by Crippen LogP contribution is -2.35. The van der Waals surface area contributed by atoms with Crippen LogP contribution >= 0.6 is 11.8 Å². The first-order valence-corrected chi connectivity index (χ1v) is 11.5. The van der Waals surface area contributed by atoms with Crippen LogP contribution in [-0.4, -0.2) is 37.5 Å². The van der Waals surface area contributed by atoms with Gasteiger partial charge < -0.3 is 5.32 Å². The molecular formula is C23H27N5OS. The van der Waals surface area contributed by atoms with Crippen LogP contribution in [0, 0.1) is 5.92 Å². The van der Waals surface area contributed by atoms with Gasteiger partial charge in [0.15, 0.2) is 11.0 Å². The number of benzene rings is 1. The molecule has 6 nitrogen and oxygen atoms in total. The Morgan fingerprint density at radius 1 is 1.10 bits per heavy atom. The molecule has 156 valence electrons. The Hall–Kier alpha value is -2.67. The van der Waals surface area contributed by atoms with Gasteiger partial charge in [0.1, 0.15) is 0 Å². The zero-order chi connectivity index (χ0) is 20.8. The minimum absolute atomic E-state index is 0.0543. The van der Waals surface area contributed by atoms with E-state index in [1.165, 1.54) is 43.9 Å². The summed E-state index contributed by atoms with van der Waals surface area (Å²) in [7, 11) is 0. The number of nitrogens with zero attached hydrogens (tertiary/aromatic N) is 4. The number of hydrogen-bond donors (Lipinski definition) is 1. The predicted molar refractivity (Wildman–Crippen MR) is 119 cm³/mol. The number of rotatable bonds is 7. The molecule has 1 N–H and O–H groups in total. The highest BCUT2D eigenvalue weighted by atomic mass is 32.2. The van der Waals surface area contributed by atoms with Crippen molar-refractivity contribution in [2.45, 2.75) is 49.4 Å². The monoisotopic (exact) mass is 421 g/mol. The molecule has 0 spiro atoms. The average Bonchev–Trinajstić information content (AvgIpc) is 3.22. The highest BCUT2D eigenvalue weighted by Crippen LogP contribution is 2.30. The number of amides is 1. The average molecular weight is 422 g/mol. The van der Waals surface area contributed by atoms with Gasteiger partial charge in [-0.15, -0.1) is 10.2 Å². The third-order valence-electron chi connectivity index (χ3n) is 5.53. The van der Waals surface area contributed by atoms with Gasteiger partial charge in [-0.05, 0) is 49.9 Å². The first-order valence-electron chi connectivity index (χ1n) is 10.6. The number of hydrogen-bond acceptors (Lipinski definition) is 5. The van der Waals surface area contributed by atoms with E-state index in [-0.39, 0.29) is 11.2 Å². The molecule has 2 aromatic heterocycles. The molecule has 30 heavy (non-hydrogen) atoms. The molecule has 1 unspecified atom stereocenters. The predicted octanol–water partition coefficient (Wildman–Crippen LogP) is 4.51. The molecule has 7 heteroatoms. The second kappa shape index (κ2) is 9.89. The Morgan fingerprint density at radius 2 is 1.83 bits per heavy atom. The lowest BCUT2D eigenvalue weighted by molar-refractivity contribution is -0.120. The third kappa shape index (κ3) is 4.90. The van der Waals surface area contributed by atoms with Gasteiger partial charge in [-0.3, -0.25) is 14.3 Å². The summed E-state index contributed by atoms with van der Waals surface area (Å²) in [6.45, 7) is 2.70. The lowest BCUT2D eigenvalue weighted by Gasteiger charge is -2.22. The topological polar surface area (TPSA) is 72.7 Å². The zero-order valence-corrected chi connectivity index (χ0v) is 18.0. The number of carbonyl (C=O) groups excluding carboxylic acids is 1. The van der Waals surface area contributed by atoms with Crippen LogP contribution in [-0.2, 0) is 4.79 Å². The molecule has 1 aliphatic carbocycles. The van der Waals surface area contributed by atoms with E-state index in [0.29, 0.717) is 11.1 Å². The van der Waals surface area contributed by atoms with E-state index >= 15 is 0 Å². The van der Waals surface area contributed by atoms with Crippen LogP contribution in [0.5, 0.6) is 0 Å². The minimum Gasteiger partial charge on any atom is -0.355 e. The van der Waals surface area contributed by atoms with Crippen molar-refractivity contribution in [1.29, 1.82) is 0 Å². The number of aromatic nitrogens is 4. The Labute approximate surface area is 181 Å². The van der Waals surface area contributed by atoms with E-state index in [9.17, 15) is 4.79 Å². The Balaban J connectivity index is 1.52. The molecule has 1 amide bonds. The standard InChI is InChI=1S/C23H27N5OS/c1-17(22(29)25-16-18-8-4-2-5-9-18)30-23-27-26-21(19-12-14-24-15-13-19)28(23)20-10-6-3-7-11-20/h3,6-7,10-15,17-18H,2,4-5,8-9,16H2,1H3,(H,25,29). The number of nitrogens with one attached hydrogen (secondary N) is 1. The van der Waals surface area contributed by atoms with Gasteiger partial charge in [0.05, 0.1) is 5.25 Å². The molecule has 0 bridgehead atoms. The van der Waals surface area contributed by atoms with Crippen molar-refractivity contribution in [2.75, 3.05) is 6.54 Å². The number of pyridine rings is 1. The third-order valence-corrected chi connectivity index (χ3v) is 6.57. The Morgan fingerprint density at radius 3 is 2.57 bits per heavy atom. The molecule has 1 fully saturated rings. The van der Waals surface area contributed by atoms with E-state index in [2.05, 4.69) is 20.5 Å². The number of carbonyl (C=O) groups is 1. The Bertz CT molecular complexity index is 954. The van der Waals surface area contributed by atoms with Gasteiger partial charge in [-0.25, -0.2) is 0 Å². The van der Waals surface area contributed by atoms with Crippen molar-refractivity contribution < 1.29 is 4.79 Å². The van der Waals surface area contributed by atoms with Crippen molar-refractivity contribution in [2.24, 2.45) is 5.92 Å². The molecule has 0 saturated heterocycles. The maximum atomic E-state index is 12.7. The molecule has 0 radical (unpaired) electrons. The molecule has 0 aliphatic heterocycles. The molecule has 3 aromatic rings. The van der Waals surface area contributed by atoms with Gasteiger partial charge in [-0.1, -0.05) is 49.2 Å². The summed E-state index contributed by atoms with van der Waals surface area (Å²) >= 11 is 1.44. The van der Waals surface area contributed by atoms with Crippen LogP contribution in [0.2, 0.25) is 0 Å². The molecule has 2 heterocycles. The zero-order valence-electron chi connectivity index (χ0n) is 17.2. The highest BCUT2D eigenvalue weighted by molar-refractivity contribution is 8.00. The van der Waals surface area contributed by atoms with E-state index in [0.717, 1.165) is 23.6 Å². The number of thioether (sulfide) groups is 1. The molecule has 4 rings (SSSR count). The summed E-state index contributed by atoms with van der Waals surface area (Å²) in [4.78, 5) is 16.8. The quantitative estimate of drug-likeness (QED) is 0.569. The summed E-state index contributed by atoms with van der Waals surface area (Å²) in [5.41, 5.74) is 1.90. The van der Waals surface area contributed by atoms with Gasteiger partial charge in [0.2, 0.25) is 5.91 Å². The number of para-hydroxylation sites is 1. The van der Waals surface area contributed by atoms with E-state index in [4.69, 9.17) is 0 Å². The summed E-state index contributed by atoms with van der Waals surface area (Å²) in [6, 6.07) is 13.8. The molecule has 1 atom stereocenters. The lowest BCUT2D eigenvalue weighted by atomic mass is 9.89. The van der Waals surface area contributed by atoms with E-state index in [1.807, 2.05) is 54.0 Å². The van der Waals surface area contributed by atoms with Gasteiger partial charge in [-0.2, -0.15) is 0 Å². The molecule has 1 saturated carbocycles. The van der Waals surface area contributed by atoms with Crippen LogP contribution < -0.4 is 5.32 Å². The normalized spacial score (nSPS) is 15.6. The van der Waals surface area contributed by atoms with Crippen LogP contribution in [0.3, 0.4) is 0 Å². The highest BCUT2D eigenvalue weighted by Gasteiger charge is 2.22. The van der Waals surface area contributed by atoms with Gasteiger partial charge in [0, 0.05) is 30.2 Å². The fourth-order valence-electron chi connectivity index (χ4n) is 3.84. The van der Waals surface area contributed by atoms with Crippen LogP contribution in [0.4, 0.5) is 0 Å². The maximum Gasteiger partial charge on any atom is 0.233 e. The molecule has 1 aliphatic rings. The smallest absolute Gasteiger partial charge is 0.233 e. The SMILES string of the molecule is CC(Sc1nnc(-c2ccncc2)n1-c1ccccc1)C(=O)NCC1CCCCC1. The van der Waals surface area contributed by atoms with Crippen LogP contribution in [0.25, 0.3) is 17.1 Å². The van der Waals surface area contributed by atoms with Gasteiger partial charge >= 0.3 is 0 Å². The summed E-state index contributed by atoms with van der Waals surface area (Å²) in [5.74, 6) is 1.41. The summed E-state index contributed by atoms with van der Waals surface area (Å²) in [5, 5.41) is 12.4. The van der Waals surface area contributed by atoms with Crippen LogP contribution in [0.1, 0.15) is 39.0 Å². The Kier molecular flexibility index (Phi) is 6.79. The first kappa shape index (κ1) is 20.6. The minimum atomic E-state index is -0.259. The second-order valence-corrected chi connectivity index (χ2v) is 9.03. The largest absolute Gasteiger partial charge is 0.355 e. The summed E-state index contributed by atoms with van der Waals surface area (Å²) in [6.07, 6.45) is 9.82. The maximum absolute atomic E-state index is 12.7. The van der Waals surface area contributed by atoms with Crippen molar-refractivity contribution in [1.82, 2.24) is 25.1 Å². The van der Waals surface area contributed by atoms with Crippen molar-refractivity contribution in [3.8, 4) is 17.1 Å². The van der Waals surface area contributed by atoms with Gasteiger partial charge in [0.25, 0.3) is 0 Å². The molecule has 1 aromatic carbocycles. The van der Waals surface area contributed by atoms with Crippen LogP contribution in [0.15, 0.2) is 60.0 Å². The van der Waals surface area contributed by atoms with Crippen molar-refractivity contribution >= 4 is 17.7 Å². The fourth-order valence-corrected chi connectivity index (χ4v) is 4.73. The molecular weight excluding hydrogens is 394 g/mol. The van der Waals surface area contributed by atoms with E-state index in [1.54, 1.807) is 12.4 Å².